The van der Waals surface area contributed by atoms with Gasteiger partial charge in [0.25, 0.3) is 0 Å². The average Bonchev–Trinajstić information content (AvgIpc) is 2.48. The smallest absolute Gasteiger partial charge is 0.0681 e. The Morgan fingerprint density at radius 1 is 0.905 bits per heavy atom. The standard InChI is InChI=1S/C17H21NO2S/c1-18(11-14-3-5-16(13-19)6-4-14)12-15-7-9-17(10-8-15)21(2)20/h3-10,19H,11-13H2,1-2H3. The van der Waals surface area contributed by atoms with Gasteiger partial charge in [0.15, 0.2) is 0 Å². The van der Waals surface area contributed by atoms with Gasteiger partial charge in [-0.1, -0.05) is 36.4 Å². The van der Waals surface area contributed by atoms with Crippen LogP contribution in [0.4, 0.5) is 0 Å². The summed E-state index contributed by atoms with van der Waals surface area (Å²) in [6.07, 6.45) is 1.69. The van der Waals surface area contributed by atoms with Gasteiger partial charge in [-0.2, -0.15) is 0 Å². The molecule has 0 aliphatic carbocycles. The van der Waals surface area contributed by atoms with Crippen molar-refractivity contribution in [2.75, 3.05) is 13.3 Å². The third kappa shape index (κ3) is 4.77. The Bertz CT molecular complexity index is 593. The molecule has 2 aromatic rings. The summed E-state index contributed by atoms with van der Waals surface area (Å²) in [7, 11) is 1.16. The van der Waals surface area contributed by atoms with Gasteiger partial charge in [0, 0.05) is 35.0 Å². The molecule has 1 N–H and O–H groups in total. The van der Waals surface area contributed by atoms with Gasteiger partial charge in [0.1, 0.15) is 0 Å². The molecule has 2 aromatic carbocycles. The van der Waals surface area contributed by atoms with Crippen LogP contribution in [0, 0.1) is 0 Å². The van der Waals surface area contributed by atoms with Gasteiger partial charge in [-0.15, -0.1) is 0 Å². The lowest BCUT2D eigenvalue weighted by Crippen LogP contribution is -2.17. The highest BCUT2D eigenvalue weighted by Crippen LogP contribution is 2.12. The molecule has 0 fully saturated rings. The first kappa shape index (κ1) is 15.9. The topological polar surface area (TPSA) is 40.5 Å². The number of aliphatic hydroxyl groups excluding tert-OH is 1. The second-order valence-corrected chi connectivity index (χ2v) is 6.62. The number of hydrogen-bond acceptors (Lipinski definition) is 3. The first-order valence-electron chi connectivity index (χ1n) is 6.88. The minimum Gasteiger partial charge on any atom is -0.392 e. The minimum absolute atomic E-state index is 0.0846. The molecule has 0 amide bonds. The van der Waals surface area contributed by atoms with E-state index < -0.39 is 10.8 Å². The number of rotatable bonds is 6. The maximum Gasteiger partial charge on any atom is 0.0681 e. The highest BCUT2D eigenvalue weighted by atomic mass is 32.2. The SMILES string of the molecule is CN(Cc1ccc(CO)cc1)Cc1ccc(S(C)=O)cc1. The Labute approximate surface area is 128 Å². The van der Waals surface area contributed by atoms with E-state index in [9.17, 15) is 4.21 Å². The number of hydrogen-bond donors (Lipinski definition) is 1. The van der Waals surface area contributed by atoms with Crippen molar-refractivity contribution in [3.05, 3.63) is 65.2 Å². The van der Waals surface area contributed by atoms with Crippen molar-refractivity contribution in [3.8, 4) is 0 Å². The minimum atomic E-state index is -0.919. The molecule has 3 nitrogen and oxygen atoms in total. The van der Waals surface area contributed by atoms with Crippen LogP contribution in [-0.2, 0) is 30.5 Å². The Morgan fingerprint density at radius 3 is 1.76 bits per heavy atom. The molecule has 2 rings (SSSR count). The summed E-state index contributed by atoms with van der Waals surface area (Å²) in [6.45, 7) is 1.78. The molecule has 0 bridgehead atoms. The average molecular weight is 303 g/mol. The van der Waals surface area contributed by atoms with E-state index in [1.807, 2.05) is 48.5 Å². The molecule has 0 aliphatic rings. The van der Waals surface area contributed by atoms with Crippen LogP contribution < -0.4 is 0 Å². The van der Waals surface area contributed by atoms with Crippen molar-refractivity contribution in [1.82, 2.24) is 4.90 Å². The Balaban J connectivity index is 1.94. The van der Waals surface area contributed by atoms with Crippen LogP contribution in [0.3, 0.4) is 0 Å². The van der Waals surface area contributed by atoms with E-state index in [1.54, 1.807) is 6.26 Å². The van der Waals surface area contributed by atoms with E-state index in [0.29, 0.717) is 0 Å². The molecule has 0 aromatic heterocycles. The molecular weight excluding hydrogens is 282 g/mol. The van der Waals surface area contributed by atoms with E-state index in [-0.39, 0.29) is 6.61 Å². The van der Waals surface area contributed by atoms with Crippen molar-refractivity contribution in [2.24, 2.45) is 0 Å². The van der Waals surface area contributed by atoms with E-state index >= 15 is 0 Å². The molecule has 0 saturated heterocycles. The third-order valence-electron chi connectivity index (χ3n) is 3.37. The van der Waals surface area contributed by atoms with Gasteiger partial charge in [-0.25, -0.2) is 0 Å². The lowest BCUT2D eigenvalue weighted by Gasteiger charge is -2.17. The fourth-order valence-corrected chi connectivity index (χ4v) is 2.74. The summed E-state index contributed by atoms with van der Waals surface area (Å²) in [5.74, 6) is 0. The highest BCUT2D eigenvalue weighted by molar-refractivity contribution is 7.84. The summed E-state index contributed by atoms with van der Waals surface area (Å²) in [6, 6.07) is 15.9. The molecule has 0 spiro atoms. The Hall–Kier alpha value is -1.49. The molecule has 0 heterocycles. The maximum atomic E-state index is 11.4. The first-order chi connectivity index (χ1) is 10.1. The quantitative estimate of drug-likeness (QED) is 0.891. The van der Waals surface area contributed by atoms with Crippen LogP contribution in [0.1, 0.15) is 16.7 Å². The lowest BCUT2D eigenvalue weighted by atomic mass is 10.1. The van der Waals surface area contributed by atoms with E-state index in [0.717, 1.165) is 23.5 Å². The number of nitrogens with zero attached hydrogens (tertiary/aromatic N) is 1. The molecule has 4 heteroatoms. The van der Waals surface area contributed by atoms with Gasteiger partial charge in [-0.3, -0.25) is 9.11 Å². The van der Waals surface area contributed by atoms with Crippen LogP contribution in [0.15, 0.2) is 53.4 Å². The van der Waals surface area contributed by atoms with E-state index in [1.165, 1.54) is 11.1 Å². The molecule has 21 heavy (non-hydrogen) atoms. The Kier molecular flexibility index (Phi) is 5.67. The van der Waals surface area contributed by atoms with Gasteiger partial charge in [0.05, 0.1) is 6.61 Å². The van der Waals surface area contributed by atoms with Crippen LogP contribution in [-0.4, -0.2) is 27.5 Å². The van der Waals surface area contributed by atoms with Crippen molar-refractivity contribution < 1.29 is 9.32 Å². The van der Waals surface area contributed by atoms with Gasteiger partial charge in [-0.05, 0) is 35.9 Å². The molecular formula is C17H21NO2S. The molecule has 1 unspecified atom stereocenters. The Morgan fingerprint density at radius 2 is 1.33 bits per heavy atom. The summed E-state index contributed by atoms with van der Waals surface area (Å²) in [4.78, 5) is 3.09. The van der Waals surface area contributed by atoms with Crippen molar-refractivity contribution in [2.45, 2.75) is 24.6 Å². The molecule has 112 valence electrons. The monoisotopic (exact) mass is 303 g/mol. The first-order valence-corrected chi connectivity index (χ1v) is 8.44. The number of aliphatic hydroxyl groups is 1. The maximum absolute atomic E-state index is 11.4. The predicted octanol–water partition coefficient (Wildman–Crippen LogP) is 2.55. The summed E-state index contributed by atoms with van der Waals surface area (Å²) >= 11 is 0. The zero-order chi connectivity index (χ0) is 15.2. The van der Waals surface area contributed by atoms with Crippen molar-refractivity contribution in [3.63, 3.8) is 0 Å². The number of benzene rings is 2. The summed E-state index contributed by atoms with van der Waals surface area (Å²) < 4.78 is 11.4. The van der Waals surface area contributed by atoms with E-state index in [4.69, 9.17) is 5.11 Å². The fraction of sp³-hybridized carbons (Fsp3) is 0.294. The van der Waals surface area contributed by atoms with Gasteiger partial charge < -0.3 is 5.11 Å². The molecule has 0 radical (unpaired) electrons. The molecule has 1 atom stereocenters. The van der Waals surface area contributed by atoms with Gasteiger partial charge >= 0.3 is 0 Å². The zero-order valence-electron chi connectivity index (χ0n) is 12.5. The van der Waals surface area contributed by atoms with Crippen LogP contribution >= 0.6 is 0 Å². The van der Waals surface area contributed by atoms with E-state index in [2.05, 4.69) is 11.9 Å². The highest BCUT2D eigenvalue weighted by Gasteiger charge is 2.03. The summed E-state index contributed by atoms with van der Waals surface area (Å²) in [5, 5.41) is 9.03. The lowest BCUT2D eigenvalue weighted by molar-refractivity contribution is 0.281. The van der Waals surface area contributed by atoms with Gasteiger partial charge in [0.2, 0.25) is 0 Å². The predicted molar refractivity (Wildman–Crippen MR) is 86.3 cm³/mol. The third-order valence-corrected chi connectivity index (χ3v) is 4.30. The second-order valence-electron chi connectivity index (χ2n) is 5.24. The van der Waals surface area contributed by atoms with Crippen LogP contribution in [0.25, 0.3) is 0 Å². The van der Waals surface area contributed by atoms with Crippen molar-refractivity contribution >= 4 is 10.8 Å². The second kappa shape index (κ2) is 7.50. The zero-order valence-corrected chi connectivity index (χ0v) is 13.3. The normalized spacial score (nSPS) is 12.6. The summed E-state index contributed by atoms with van der Waals surface area (Å²) in [5.41, 5.74) is 3.37. The van der Waals surface area contributed by atoms with Crippen LogP contribution in [0.2, 0.25) is 0 Å². The molecule has 0 aliphatic heterocycles. The largest absolute Gasteiger partial charge is 0.392 e. The van der Waals surface area contributed by atoms with Crippen LogP contribution in [0.5, 0.6) is 0 Å². The fourth-order valence-electron chi connectivity index (χ4n) is 2.22. The molecule has 0 saturated carbocycles. The van der Waals surface area contributed by atoms with Crippen molar-refractivity contribution in [1.29, 1.82) is 0 Å².